The molecule has 0 aliphatic carbocycles. The summed E-state index contributed by atoms with van der Waals surface area (Å²) in [5.74, 6) is -1.84. The molecule has 2 aromatic rings. The second-order valence-electron chi connectivity index (χ2n) is 9.56. The zero-order chi connectivity index (χ0) is 23.9. The van der Waals surface area contributed by atoms with Crippen LogP contribution in [0.3, 0.4) is 0 Å². The van der Waals surface area contributed by atoms with Gasteiger partial charge in [0.05, 0.1) is 24.5 Å². The highest BCUT2D eigenvalue weighted by atomic mass is 16.7. The number of carbonyl (C=O) groups is 3. The van der Waals surface area contributed by atoms with Crippen molar-refractivity contribution in [2.24, 2.45) is 11.8 Å². The van der Waals surface area contributed by atoms with Gasteiger partial charge in [-0.3, -0.25) is 24.6 Å². The number of carbonyl (C=O) groups excluding carboxylic acids is 3. The Balaban J connectivity index is 1.43. The van der Waals surface area contributed by atoms with Crippen molar-refractivity contribution in [3.63, 3.8) is 0 Å². The molecule has 0 bridgehead atoms. The van der Waals surface area contributed by atoms with Gasteiger partial charge in [-0.1, -0.05) is 18.2 Å². The number of aryl methyl sites for hydroxylation is 1. The highest BCUT2D eigenvalue weighted by Crippen LogP contribution is 2.54. The summed E-state index contributed by atoms with van der Waals surface area (Å²) in [6.07, 6.45) is -0.947. The van der Waals surface area contributed by atoms with E-state index in [9.17, 15) is 19.5 Å². The van der Waals surface area contributed by atoms with Crippen LogP contribution in [-0.2, 0) is 26.5 Å². The number of benzene rings is 2. The van der Waals surface area contributed by atoms with Crippen LogP contribution in [-0.4, -0.2) is 46.7 Å². The summed E-state index contributed by atoms with van der Waals surface area (Å²) in [5, 5.41) is 16.7. The number of nitrogens with one attached hydrogen (secondary N) is 2. The second kappa shape index (κ2) is 7.04. The van der Waals surface area contributed by atoms with E-state index in [1.807, 2.05) is 26.0 Å². The molecule has 2 fully saturated rings. The molecule has 2 saturated heterocycles. The van der Waals surface area contributed by atoms with Crippen LogP contribution in [0.4, 0.5) is 5.69 Å². The molecule has 9 heteroatoms. The summed E-state index contributed by atoms with van der Waals surface area (Å²) < 4.78 is 10.8. The van der Waals surface area contributed by atoms with Crippen LogP contribution >= 0.6 is 0 Å². The molecule has 1 spiro atoms. The fraction of sp³-hybridized carbons (Fsp3) is 0.400. The first-order valence-electron chi connectivity index (χ1n) is 11.4. The molecule has 3 N–H and O–H groups in total. The third-order valence-electron chi connectivity index (χ3n) is 7.74. The minimum Gasteiger partial charge on any atom is -0.454 e. The third kappa shape index (κ3) is 2.59. The van der Waals surface area contributed by atoms with Gasteiger partial charge in [-0.05, 0) is 49.6 Å². The topological polar surface area (TPSA) is 117 Å². The van der Waals surface area contributed by atoms with E-state index in [-0.39, 0.29) is 19.2 Å². The fourth-order valence-corrected chi connectivity index (χ4v) is 5.90. The Morgan fingerprint density at radius 2 is 1.88 bits per heavy atom. The molecule has 0 saturated carbocycles. The smallest absolute Gasteiger partial charge is 0.250 e. The number of hydrogen-bond donors (Lipinski definition) is 3. The molecule has 6 rings (SSSR count). The monoisotopic (exact) mass is 463 g/mol. The van der Waals surface area contributed by atoms with E-state index in [4.69, 9.17) is 9.47 Å². The molecule has 4 aliphatic heterocycles. The number of anilines is 1. The zero-order valence-corrected chi connectivity index (χ0v) is 19.0. The van der Waals surface area contributed by atoms with Crippen LogP contribution in [0.15, 0.2) is 30.3 Å². The average molecular weight is 463 g/mol. The SMILES string of the molecule is Cc1ccc2c(c1C)NC(=O)C21NC(C(C)O)C2C(=O)N(Cc3ccc4c(c3)OCO4)C(=O)C21. The first-order valence-corrected chi connectivity index (χ1v) is 11.4. The number of nitrogens with zero attached hydrogens (tertiary/aromatic N) is 1. The normalized spacial score (nSPS) is 29.6. The lowest BCUT2D eigenvalue weighted by Gasteiger charge is -2.30. The van der Waals surface area contributed by atoms with E-state index in [1.165, 1.54) is 4.90 Å². The first-order chi connectivity index (χ1) is 16.2. The van der Waals surface area contributed by atoms with Crippen molar-refractivity contribution in [3.05, 3.63) is 52.6 Å². The highest BCUT2D eigenvalue weighted by molar-refractivity contribution is 6.15. The molecule has 5 unspecified atom stereocenters. The summed E-state index contributed by atoms with van der Waals surface area (Å²) in [6, 6.07) is 8.28. The number of amides is 3. The Labute approximate surface area is 196 Å². The Morgan fingerprint density at radius 1 is 1.12 bits per heavy atom. The van der Waals surface area contributed by atoms with Gasteiger partial charge in [-0.25, -0.2) is 0 Å². The lowest BCUT2D eigenvalue weighted by Crippen LogP contribution is -2.54. The lowest BCUT2D eigenvalue weighted by molar-refractivity contribution is -0.143. The van der Waals surface area contributed by atoms with Gasteiger partial charge in [0.25, 0.3) is 0 Å². The Hall–Kier alpha value is -3.43. The molecule has 0 aromatic heterocycles. The second-order valence-corrected chi connectivity index (χ2v) is 9.56. The third-order valence-corrected chi connectivity index (χ3v) is 7.74. The van der Waals surface area contributed by atoms with Crippen molar-refractivity contribution in [1.82, 2.24) is 10.2 Å². The van der Waals surface area contributed by atoms with E-state index in [0.29, 0.717) is 28.3 Å². The Kier molecular flexibility index (Phi) is 4.37. The number of fused-ring (bicyclic) bond motifs is 5. The van der Waals surface area contributed by atoms with Crippen LogP contribution in [0.5, 0.6) is 11.5 Å². The molecule has 9 nitrogen and oxygen atoms in total. The summed E-state index contributed by atoms with van der Waals surface area (Å²) in [4.78, 5) is 42.1. The van der Waals surface area contributed by atoms with Gasteiger partial charge in [-0.2, -0.15) is 0 Å². The molecule has 0 radical (unpaired) electrons. The van der Waals surface area contributed by atoms with Gasteiger partial charge in [0, 0.05) is 17.3 Å². The summed E-state index contributed by atoms with van der Waals surface area (Å²) in [7, 11) is 0. The number of imide groups is 1. The van der Waals surface area contributed by atoms with Crippen LogP contribution in [0.1, 0.15) is 29.2 Å². The van der Waals surface area contributed by atoms with Crippen molar-refractivity contribution in [1.29, 1.82) is 0 Å². The predicted molar refractivity (Wildman–Crippen MR) is 120 cm³/mol. The van der Waals surface area contributed by atoms with Crippen LogP contribution < -0.4 is 20.1 Å². The number of rotatable bonds is 3. The van der Waals surface area contributed by atoms with Crippen LogP contribution in [0.25, 0.3) is 0 Å². The highest BCUT2D eigenvalue weighted by Gasteiger charge is 2.71. The maximum absolute atomic E-state index is 13.8. The number of aliphatic hydroxyl groups is 1. The summed E-state index contributed by atoms with van der Waals surface area (Å²) >= 11 is 0. The molecule has 3 amide bonds. The van der Waals surface area contributed by atoms with E-state index in [2.05, 4.69) is 10.6 Å². The quantitative estimate of drug-likeness (QED) is 0.588. The van der Waals surface area contributed by atoms with Crippen molar-refractivity contribution in [2.75, 3.05) is 12.1 Å². The van der Waals surface area contributed by atoms with Crippen molar-refractivity contribution in [2.45, 2.75) is 45.0 Å². The standard InChI is InChI=1S/C25H25N3O6/c1-11-4-6-15-20(12(11)2)26-24(32)25(15)19-18(21(27-25)13(3)29)22(30)28(23(19)31)9-14-5-7-16-17(8-14)34-10-33-16/h4-8,13,18-19,21,27,29H,9-10H2,1-3H3,(H,26,32). The number of likely N-dealkylation sites (tertiary alicyclic amines) is 1. The van der Waals surface area contributed by atoms with Gasteiger partial charge in [0.2, 0.25) is 24.5 Å². The minimum absolute atomic E-state index is 0.0469. The molecule has 34 heavy (non-hydrogen) atoms. The van der Waals surface area contributed by atoms with Gasteiger partial charge in [0.15, 0.2) is 11.5 Å². The maximum atomic E-state index is 13.8. The molecule has 176 valence electrons. The van der Waals surface area contributed by atoms with Crippen molar-refractivity contribution in [3.8, 4) is 11.5 Å². The van der Waals surface area contributed by atoms with E-state index in [0.717, 1.165) is 11.1 Å². The van der Waals surface area contributed by atoms with Gasteiger partial charge in [-0.15, -0.1) is 0 Å². The molecule has 4 heterocycles. The van der Waals surface area contributed by atoms with Crippen LogP contribution in [0, 0.1) is 25.7 Å². The molecule has 2 aromatic carbocycles. The van der Waals surface area contributed by atoms with Crippen molar-refractivity contribution >= 4 is 23.4 Å². The van der Waals surface area contributed by atoms with E-state index >= 15 is 0 Å². The number of hydrogen-bond acceptors (Lipinski definition) is 7. The minimum atomic E-state index is -1.42. The predicted octanol–water partition coefficient (Wildman–Crippen LogP) is 1.33. The molecule has 4 aliphatic rings. The Bertz CT molecular complexity index is 1270. The van der Waals surface area contributed by atoms with Gasteiger partial charge in [0.1, 0.15) is 5.54 Å². The molecular formula is C25H25N3O6. The van der Waals surface area contributed by atoms with E-state index in [1.54, 1.807) is 25.1 Å². The number of aliphatic hydroxyl groups excluding tert-OH is 1. The lowest BCUT2D eigenvalue weighted by atomic mass is 9.76. The van der Waals surface area contributed by atoms with Gasteiger partial charge < -0.3 is 19.9 Å². The summed E-state index contributed by atoms with van der Waals surface area (Å²) in [5.41, 5.74) is 2.52. The zero-order valence-electron chi connectivity index (χ0n) is 19.0. The maximum Gasteiger partial charge on any atom is 0.250 e. The fourth-order valence-electron chi connectivity index (χ4n) is 5.90. The number of ether oxygens (including phenoxy) is 2. The van der Waals surface area contributed by atoms with E-state index < -0.39 is 41.3 Å². The van der Waals surface area contributed by atoms with Crippen LogP contribution in [0.2, 0.25) is 0 Å². The summed E-state index contributed by atoms with van der Waals surface area (Å²) in [6.45, 7) is 5.61. The first kappa shape index (κ1) is 21.1. The molecule has 5 atom stereocenters. The van der Waals surface area contributed by atoms with Gasteiger partial charge >= 0.3 is 0 Å². The average Bonchev–Trinajstić information content (AvgIpc) is 3.53. The molecular weight excluding hydrogens is 438 g/mol. The van der Waals surface area contributed by atoms with Crippen molar-refractivity contribution < 1.29 is 29.0 Å². The largest absolute Gasteiger partial charge is 0.454 e. The Morgan fingerprint density at radius 3 is 2.65 bits per heavy atom.